The Morgan fingerprint density at radius 2 is 1.90 bits per heavy atom. The molecule has 0 aromatic carbocycles. The molecule has 5 heteroatoms. The van der Waals surface area contributed by atoms with Crippen LogP contribution in [0.3, 0.4) is 0 Å². The van der Waals surface area contributed by atoms with E-state index in [0.717, 1.165) is 12.8 Å². The van der Waals surface area contributed by atoms with Gasteiger partial charge in [0.2, 0.25) is 0 Å². The molecule has 0 aromatic heterocycles. The highest BCUT2D eigenvalue weighted by molar-refractivity contribution is 7.91. The van der Waals surface area contributed by atoms with E-state index in [1.165, 1.54) is 0 Å². The first-order chi connectivity index (χ1) is 9.11. The van der Waals surface area contributed by atoms with Gasteiger partial charge < -0.3 is 9.29 Å². The van der Waals surface area contributed by atoms with Crippen molar-refractivity contribution in [2.45, 2.75) is 72.0 Å². The zero-order valence-electron chi connectivity index (χ0n) is 13.7. The molecule has 0 saturated carbocycles. The van der Waals surface area contributed by atoms with Crippen molar-refractivity contribution >= 4 is 23.5 Å². The molecule has 1 atom stereocenters. The molecule has 0 spiro atoms. The average molecular weight is 303 g/mol. The van der Waals surface area contributed by atoms with Gasteiger partial charge in [0.1, 0.15) is 16.1 Å². The first-order valence-corrected chi connectivity index (χ1v) is 8.33. The molecule has 0 aliphatic rings. The van der Waals surface area contributed by atoms with E-state index in [2.05, 4.69) is 11.3 Å². The molecule has 0 aliphatic carbocycles. The third kappa shape index (κ3) is 7.90. The van der Waals surface area contributed by atoms with Crippen LogP contribution in [0.25, 0.3) is 0 Å². The molecule has 0 unspecified atom stereocenters. The van der Waals surface area contributed by atoms with Gasteiger partial charge in [-0.15, -0.1) is 0 Å². The quantitative estimate of drug-likeness (QED) is 0.297. The molecule has 0 amide bonds. The van der Waals surface area contributed by atoms with E-state index in [4.69, 9.17) is 4.74 Å². The number of carbonyl (C=O) groups is 1. The van der Waals surface area contributed by atoms with Gasteiger partial charge in [0, 0.05) is 0 Å². The SMILES string of the molecule is CCCCOC(=O)C(C)(C)CC/C=N/[S@@+]([O-])C(C)(C)C. The van der Waals surface area contributed by atoms with E-state index < -0.39 is 16.8 Å². The fourth-order valence-corrected chi connectivity index (χ4v) is 1.87. The lowest BCUT2D eigenvalue weighted by atomic mass is 9.88. The van der Waals surface area contributed by atoms with Crippen LogP contribution in [0, 0.1) is 5.41 Å². The fraction of sp³-hybridized carbons (Fsp3) is 0.867. The van der Waals surface area contributed by atoms with Crippen LogP contribution in [0.5, 0.6) is 0 Å². The topological polar surface area (TPSA) is 61.7 Å². The molecule has 0 bridgehead atoms. The molecule has 118 valence electrons. The van der Waals surface area contributed by atoms with Crippen molar-refractivity contribution in [1.29, 1.82) is 0 Å². The van der Waals surface area contributed by atoms with Gasteiger partial charge in [0.15, 0.2) is 0 Å². The summed E-state index contributed by atoms with van der Waals surface area (Å²) < 4.78 is 20.6. The van der Waals surface area contributed by atoms with E-state index in [1.807, 2.05) is 34.6 Å². The second-order valence-corrected chi connectivity index (χ2v) is 8.50. The lowest BCUT2D eigenvalue weighted by molar-refractivity contribution is -0.154. The molecule has 4 nitrogen and oxygen atoms in total. The van der Waals surface area contributed by atoms with Crippen molar-refractivity contribution in [2.75, 3.05) is 6.61 Å². The summed E-state index contributed by atoms with van der Waals surface area (Å²) in [4.78, 5) is 11.9. The second kappa shape index (κ2) is 8.67. The van der Waals surface area contributed by atoms with Crippen LogP contribution < -0.4 is 0 Å². The zero-order chi connectivity index (χ0) is 15.8. The third-order valence-corrected chi connectivity index (χ3v) is 4.26. The van der Waals surface area contributed by atoms with Gasteiger partial charge in [-0.05, 0) is 53.9 Å². The largest absolute Gasteiger partial charge is 0.591 e. The fourth-order valence-electron chi connectivity index (χ4n) is 1.31. The second-order valence-electron chi connectivity index (χ2n) is 6.56. The van der Waals surface area contributed by atoms with Gasteiger partial charge in [-0.25, -0.2) is 0 Å². The number of unbranched alkanes of at least 4 members (excludes halogenated alkanes) is 1. The highest BCUT2D eigenvalue weighted by Gasteiger charge is 2.29. The maximum absolute atomic E-state index is 11.9. The summed E-state index contributed by atoms with van der Waals surface area (Å²) in [6.07, 6.45) is 4.83. The minimum absolute atomic E-state index is 0.170. The molecular weight excluding hydrogens is 274 g/mol. The number of rotatable bonds is 8. The molecule has 0 heterocycles. The van der Waals surface area contributed by atoms with Gasteiger partial charge in [0.05, 0.1) is 18.2 Å². The first kappa shape index (κ1) is 19.4. The van der Waals surface area contributed by atoms with Crippen LogP contribution in [-0.2, 0) is 20.9 Å². The van der Waals surface area contributed by atoms with Crippen molar-refractivity contribution in [3.63, 3.8) is 0 Å². The summed E-state index contributed by atoms with van der Waals surface area (Å²) in [5.41, 5.74) is -0.525. The van der Waals surface area contributed by atoms with Crippen LogP contribution in [0.4, 0.5) is 0 Å². The van der Waals surface area contributed by atoms with E-state index in [1.54, 1.807) is 6.21 Å². The summed E-state index contributed by atoms with van der Waals surface area (Å²) in [6, 6.07) is 0. The van der Waals surface area contributed by atoms with Crippen LogP contribution in [0.1, 0.15) is 67.2 Å². The molecule has 0 saturated heterocycles. The first-order valence-electron chi connectivity index (χ1n) is 7.23. The van der Waals surface area contributed by atoms with E-state index >= 15 is 0 Å². The number of carbonyl (C=O) groups excluding carboxylic acids is 1. The van der Waals surface area contributed by atoms with Crippen molar-refractivity contribution in [3.8, 4) is 0 Å². The van der Waals surface area contributed by atoms with Gasteiger partial charge in [-0.2, -0.15) is 0 Å². The number of ether oxygens (including phenoxy) is 1. The minimum Gasteiger partial charge on any atom is -0.591 e. The smallest absolute Gasteiger partial charge is 0.311 e. The van der Waals surface area contributed by atoms with Crippen molar-refractivity contribution in [2.24, 2.45) is 9.81 Å². The van der Waals surface area contributed by atoms with Crippen molar-refractivity contribution in [1.82, 2.24) is 0 Å². The van der Waals surface area contributed by atoms with Crippen LogP contribution in [-0.4, -0.2) is 28.1 Å². The molecule has 0 radical (unpaired) electrons. The molecular formula is C15H29NO3S. The minimum atomic E-state index is -1.23. The lowest BCUT2D eigenvalue weighted by Crippen LogP contribution is -2.27. The molecule has 0 N–H and O–H groups in total. The summed E-state index contributed by atoms with van der Waals surface area (Å²) in [6.45, 7) is 11.9. The maximum atomic E-state index is 11.9. The van der Waals surface area contributed by atoms with E-state index in [9.17, 15) is 9.35 Å². The normalized spacial score (nSPS) is 14.6. The summed E-state index contributed by atoms with van der Waals surface area (Å²) in [5.74, 6) is -0.170. The Morgan fingerprint density at radius 1 is 1.30 bits per heavy atom. The van der Waals surface area contributed by atoms with Gasteiger partial charge >= 0.3 is 5.97 Å². The Morgan fingerprint density at radius 3 is 2.40 bits per heavy atom. The molecule has 0 aliphatic heterocycles. The van der Waals surface area contributed by atoms with Crippen molar-refractivity contribution in [3.05, 3.63) is 0 Å². The number of hydrogen-bond donors (Lipinski definition) is 0. The Hall–Kier alpha value is -0.550. The van der Waals surface area contributed by atoms with Gasteiger partial charge in [-0.3, -0.25) is 4.79 Å². The van der Waals surface area contributed by atoms with Crippen LogP contribution in [0.2, 0.25) is 0 Å². The van der Waals surface area contributed by atoms with E-state index in [0.29, 0.717) is 19.4 Å². The highest BCUT2D eigenvalue weighted by Crippen LogP contribution is 2.24. The van der Waals surface area contributed by atoms with Crippen molar-refractivity contribution < 1.29 is 14.1 Å². The zero-order valence-corrected chi connectivity index (χ0v) is 14.5. The summed E-state index contributed by atoms with van der Waals surface area (Å²) >= 11 is -1.23. The number of hydrogen-bond acceptors (Lipinski definition) is 4. The maximum Gasteiger partial charge on any atom is 0.311 e. The molecule has 0 fully saturated rings. The Kier molecular flexibility index (Phi) is 8.44. The number of nitrogens with zero attached hydrogens (tertiary/aromatic N) is 1. The highest BCUT2D eigenvalue weighted by atomic mass is 32.2. The average Bonchev–Trinajstić information content (AvgIpc) is 2.33. The summed E-state index contributed by atoms with van der Waals surface area (Å²) in [5, 5.41) is 0. The number of esters is 1. The lowest BCUT2D eigenvalue weighted by Gasteiger charge is -2.21. The van der Waals surface area contributed by atoms with E-state index in [-0.39, 0.29) is 10.7 Å². The Bertz CT molecular complexity index is 322. The standard InChI is InChI=1S/C15H29NO3S/c1-7-8-12-19-13(17)15(5,6)10-9-11-16-20(18)14(2,3)4/h11H,7-10,12H2,1-6H3/b16-11+/t20-/m0/s1. The predicted octanol–water partition coefficient (Wildman–Crippen LogP) is 3.67. The van der Waals surface area contributed by atoms with Crippen LogP contribution >= 0.6 is 0 Å². The predicted molar refractivity (Wildman–Crippen MR) is 85.3 cm³/mol. The molecule has 20 heavy (non-hydrogen) atoms. The Balaban J connectivity index is 4.15. The van der Waals surface area contributed by atoms with Crippen LogP contribution in [0.15, 0.2) is 4.40 Å². The molecule has 0 rings (SSSR count). The van der Waals surface area contributed by atoms with Gasteiger partial charge in [-0.1, -0.05) is 17.7 Å². The van der Waals surface area contributed by atoms with Gasteiger partial charge in [0.25, 0.3) is 0 Å². The molecule has 0 aromatic rings. The Labute approximate surface area is 126 Å². The summed E-state index contributed by atoms with van der Waals surface area (Å²) in [7, 11) is 0. The third-order valence-electron chi connectivity index (χ3n) is 2.88. The monoisotopic (exact) mass is 303 g/mol.